The zero-order chi connectivity index (χ0) is 30.9. The van der Waals surface area contributed by atoms with Crippen molar-refractivity contribution in [2.75, 3.05) is 18.0 Å². The van der Waals surface area contributed by atoms with E-state index in [1.165, 1.54) is 17.5 Å². The Kier molecular flexibility index (Phi) is 9.40. The zero-order valence-electron chi connectivity index (χ0n) is 20.9. The summed E-state index contributed by atoms with van der Waals surface area (Å²) in [5, 5.41) is 18.9. The summed E-state index contributed by atoms with van der Waals surface area (Å²) in [5.41, 5.74) is -2.91. The number of thiocarbonyl (C=S) groups is 1. The number of hydrogen-bond donors (Lipinski definition) is 2. The normalized spacial score (nSPS) is 16.4. The molecule has 1 saturated heterocycles. The van der Waals surface area contributed by atoms with Gasteiger partial charge in [0.15, 0.2) is 5.11 Å². The van der Waals surface area contributed by atoms with Gasteiger partial charge >= 0.3 is 24.2 Å². The lowest BCUT2D eigenvalue weighted by Crippen LogP contribution is -2.59. The van der Waals surface area contributed by atoms with Gasteiger partial charge in [-0.3, -0.25) is 15.1 Å². The van der Waals surface area contributed by atoms with Crippen LogP contribution < -0.4 is 10.2 Å². The smallest absolute Gasteiger partial charge is 0.351 e. The molecule has 1 heterocycles. The van der Waals surface area contributed by atoms with E-state index in [2.05, 4.69) is 0 Å². The summed E-state index contributed by atoms with van der Waals surface area (Å²) in [6.07, 6.45) is -10.5. The molecule has 1 aliphatic heterocycles. The third kappa shape index (κ3) is 6.26. The fourth-order valence-electron chi connectivity index (χ4n) is 3.86. The minimum absolute atomic E-state index is 0.0212. The van der Waals surface area contributed by atoms with Crippen molar-refractivity contribution < 1.29 is 48.7 Å². The number of carbonyl (C=O) groups excluding carboxylic acids is 1. The maximum Gasteiger partial charge on any atom is 0.460 e. The number of alkyl halides is 10. The van der Waals surface area contributed by atoms with E-state index in [9.17, 15) is 48.7 Å². The van der Waals surface area contributed by atoms with Crippen LogP contribution in [0.4, 0.5) is 49.6 Å². The summed E-state index contributed by atoms with van der Waals surface area (Å²) in [6.45, 7) is 2.84. The lowest BCUT2D eigenvalue weighted by molar-refractivity contribution is -0.344. The molecule has 0 unspecified atom stereocenters. The van der Waals surface area contributed by atoms with Crippen LogP contribution in [0.5, 0.6) is 0 Å². The Morgan fingerprint density at radius 3 is 2.12 bits per heavy atom. The molecular formula is C23H23F10N5OS. The number of nitriles is 1. The topological polar surface area (TPSA) is 83.2 Å². The number of amides is 1. The second-order valence-corrected chi connectivity index (χ2v) is 9.70. The molecule has 1 amide bonds. The number of halogens is 10. The van der Waals surface area contributed by atoms with Gasteiger partial charge < -0.3 is 10.2 Å². The molecule has 0 radical (unpaired) electrons. The Morgan fingerprint density at radius 2 is 1.60 bits per heavy atom. The van der Waals surface area contributed by atoms with Crippen LogP contribution in [0.15, 0.2) is 18.2 Å². The van der Waals surface area contributed by atoms with Gasteiger partial charge in [0.1, 0.15) is 5.84 Å². The molecule has 6 nitrogen and oxygen atoms in total. The molecule has 40 heavy (non-hydrogen) atoms. The number of nitrogens with zero attached hydrogens (tertiary/aromatic N) is 3. The first kappa shape index (κ1) is 33.0. The molecule has 17 heteroatoms. The van der Waals surface area contributed by atoms with E-state index >= 15 is 0 Å². The van der Waals surface area contributed by atoms with Crippen molar-refractivity contribution in [2.24, 2.45) is 0 Å². The minimum atomic E-state index is -6.62. The fraction of sp³-hybridized carbons (Fsp3) is 0.565. The zero-order valence-corrected chi connectivity index (χ0v) is 21.7. The quantitative estimate of drug-likeness (QED) is 0.187. The van der Waals surface area contributed by atoms with E-state index in [0.717, 1.165) is 17.0 Å². The van der Waals surface area contributed by atoms with E-state index in [1.807, 2.05) is 0 Å². The van der Waals surface area contributed by atoms with Gasteiger partial charge in [-0.2, -0.15) is 49.2 Å². The van der Waals surface area contributed by atoms with Crippen LogP contribution in [0.25, 0.3) is 0 Å². The highest BCUT2D eigenvalue weighted by Crippen LogP contribution is 2.46. The molecular weight excluding hydrogens is 584 g/mol. The van der Waals surface area contributed by atoms with Crippen molar-refractivity contribution in [3.8, 4) is 6.07 Å². The molecule has 1 aromatic rings. The van der Waals surface area contributed by atoms with Crippen molar-refractivity contribution in [1.82, 2.24) is 10.2 Å². The number of nitrogens with one attached hydrogen (secondary N) is 2. The largest absolute Gasteiger partial charge is 0.460 e. The Labute approximate surface area is 227 Å². The Bertz CT molecular complexity index is 1190. The van der Waals surface area contributed by atoms with Crippen molar-refractivity contribution in [3.05, 3.63) is 29.3 Å². The van der Waals surface area contributed by atoms with Crippen LogP contribution in [0, 0.1) is 16.7 Å². The first-order valence-electron chi connectivity index (χ1n) is 11.5. The number of benzene rings is 1. The molecule has 2 rings (SSSR count). The molecule has 1 aliphatic rings. The number of anilines is 1. The number of amidine groups is 1. The highest BCUT2D eigenvalue weighted by atomic mass is 32.1. The second-order valence-electron chi connectivity index (χ2n) is 9.33. The summed E-state index contributed by atoms with van der Waals surface area (Å²) >= 11 is 5.41. The van der Waals surface area contributed by atoms with E-state index in [4.69, 9.17) is 22.9 Å². The van der Waals surface area contributed by atoms with Gasteiger partial charge in [-0.25, -0.2) is 0 Å². The van der Waals surface area contributed by atoms with Gasteiger partial charge in [-0.1, -0.05) is 12.8 Å². The molecule has 1 aromatic carbocycles. The van der Waals surface area contributed by atoms with Gasteiger partial charge in [-0.05, 0) is 57.1 Å². The first-order valence-corrected chi connectivity index (χ1v) is 12.0. The molecule has 0 atom stereocenters. The lowest BCUT2D eigenvalue weighted by atomic mass is 10.0. The highest BCUT2D eigenvalue weighted by molar-refractivity contribution is 7.80. The van der Waals surface area contributed by atoms with Gasteiger partial charge in [0, 0.05) is 13.1 Å². The average Bonchev–Trinajstić information content (AvgIpc) is 3.00. The summed E-state index contributed by atoms with van der Waals surface area (Å²) in [6, 6.07) is 4.40. The van der Waals surface area contributed by atoms with E-state index < -0.39 is 53.3 Å². The van der Waals surface area contributed by atoms with E-state index in [1.54, 1.807) is 18.7 Å². The Morgan fingerprint density at radius 1 is 1.02 bits per heavy atom. The molecule has 0 aliphatic carbocycles. The summed E-state index contributed by atoms with van der Waals surface area (Å²) in [5.74, 6) is -15.4. The lowest BCUT2D eigenvalue weighted by Gasteiger charge is -2.30. The van der Waals surface area contributed by atoms with Gasteiger partial charge in [0.25, 0.3) is 5.91 Å². The average molecular weight is 608 g/mol. The van der Waals surface area contributed by atoms with Gasteiger partial charge in [0.05, 0.1) is 28.4 Å². The number of unbranched alkanes of at least 4 members (excludes halogenated alkanes) is 3. The molecule has 1 fully saturated rings. The standard InChI is InChI=1S/C23H23F10N5OS/c1-19(2)16(35)38(14-8-7-13(12-34)15(11-14)21(26,27)28)18(40)37(19)10-6-4-3-5-9-36-17(39)20(24,25)22(29,30)23(31,32)33/h7-8,11,35H,3-6,9-10H2,1-2H3,(H,36,39). The summed E-state index contributed by atoms with van der Waals surface area (Å²) < 4.78 is 129. The van der Waals surface area contributed by atoms with E-state index in [-0.39, 0.29) is 36.0 Å². The Balaban J connectivity index is 1.95. The monoisotopic (exact) mass is 607 g/mol. The number of hydrogen-bond acceptors (Lipinski definition) is 4. The van der Waals surface area contributed by atoms with Crippen LogP contribution in [0.3, 0.4) is 0 Å². The number of rotatable bonds is 10. The molecule has 0 saturated carbocycles. The van der Waals surface area contributed by atoms with Crippen molar-refractivity contribution >= 4 is 34.8 Å². The number of carbonyl (C=O) groups is 1. The predicted molar refractivity (Wildman–Crippen MR) is 127 cm³/mol. The molecule has 0 aromatic heterocycles. The van der Waals surface area contributed by atoms with Crippen LogP contribution in [-0.2, 0) is 11.0 Å². The van der Waals surface area contributed by atoms with Crippen LogP contribution in [-0.4, -0.2) is 58.4 Å². The van der Waals surface area contributed by atoms with Crippen molar-refractivity contribution in [2.45, 2.75) is 69.3 Å². The van der Waals surface area contributed by atoms with Gasteiger partial charge in [0.2, 0.25) is 0 Å². The Hall–Kier alpha value is -3.16. The van der Waals surface area contributed by atoms with Crippen LogP contribution >= 0.6 is 12.2 Å². The third-order valence-electron chi connectivity index (χ3n) is 6.22. The fourth-order valence-corrected chi connectivity index (χ4v) is 4.37. The molecule has 2 N–H and O–H groups in total. The molecule has 0 bridgehead atoms. The first-order chi connectivity index (χ1) is 18.1. The third-order valence-corrected chi connectivity index (χ3v) is 6.62. The second kappa shape index (κ2) is 11.4. The summed E-state index contributed by atoms with van der Waals surface area (Å²) in [4.78, 5) is 14.0. The highest BCUT2D eigenvalue weighted by Gasteiger charge is 2.76. The van der Waals surface area contributed by atoms with Crippen molar-refractivity contribution in [1.29, 1.82) is 10.7 Å². The molecule has 222 valence electrons. The SMILES string of the molecule is CC1(C)C(=N)N(c2ccc(C#N)c(C(F)(F)F)c2)C(=S)N1CCCCCCNC(=O)C(F)(F)C(F)(F)C(F)(F)F. The van der Waals surface area contributed by atoms with Crippen LogP contribution in [0.2, 0.25) is 0 Å². The van der Waals surface area contributed by atoms with Crippen molar-refractivity contribution in [3.63, 3.8) is 0 Å². The van der Waals surface area contributed by atoms with Gasteiger partial charge in [-0.15, -0.1) is 0 Å². The summed E-state index contributed by atoms with van der Waals surface area (Å²) in [7, 11) is 0. The van der Waals surface area contributed by atoms with Crippen LogP contribution in [0.1, 0.15) is 50.7 Å². The van der Waals surface area contributed by atoms with E-state index in [0.29, 0.717) is 12.8 Å². The maximum absolute atomic E-state index is 13.4. The molecule has 0 spiro atoms. The predicted octanol–water partition coefficient (Wildman–Crippen LogP) is 6.25. The maximum atomic E-state index is 13.4. The minimum Gasteiger partial charge on any atom is -0.351 e.